The Labute approximate surface area is 150 Å². The van der Waals surface area contributed by atoms with Crippen LogP contribution in [0.5, 0.6) is 0 Å². The first-order valence-electron chi connectivity index (χ1n) is 8.11. The molecule has 2 aliphatic rings. The molecule has 0 aliphatic carbocycles. The van der Waals surface area contributed by atoms with Crippen molar-refractivity contribution in [2.24, 2.45) is 0 Å². The van der Waals surface area contributed by atoms with Gasteiger partial charge in [-0.25, -0.2) is 14.7 Å². The van der Waals surface area contributed by atoms with E-state index >= 15 is 0 Å². The van der Waals surface area contributed by atoms with Gasteiger partial charge >= 0.3 is 11.9 Å². The Morgan fingerprint density at radius 1 is 1.04 bits per heavy atom. The number of carbonyl (C=O) groups is 3. The molecule has 2 aliphatic heterocycles. The smallest absolute Gasteiger partial charge is 0.414 e. The third kappa shape index (κ3) is 5.88. The summed E-state index contributed by atoms with van der Waals surface area (Å²) in [5.41, 5.74) is 2.85. The molecule has 1 fully saturated rings. The van der Waals surface area contributed by atoms with Crippen LogP contribution < -0.4 is 0 Å². The fourth-order valence-electron chi connectivity index (χ4n) is 2.56. The molecule has 2 N–H and O–H groups in total. The van der Waals surface area contributed by atoms with Gasteiger partial charge in [-0.3, -0.25) is 14.5 Å². The minimum absolute atomic E-state index is 0.0335. The van der Waals surface area contributed by atoms with Gasteiger partial charge in [0.2, 0.25) is 5.91 Å². The van der Waals surface area contributed by atoms with Crippen LogP contribution in [-0.4, -0.2) is 64.3 Å². The molecule has 26 heavy (non-hydrogen) atoms. The van der Waals surface area contributed by atoms with E-state index in [2.05, 4.69) is 41.0 Å². The average Bonchev–Trinajstić information content (AvgIpc) is 3.04. The molecule has 0 atom stereocenters. The fraction of sp³-hybridized carbons (Fsp3) is 0.389. The van der Waals surface area contributed by atoms with Crippen molar-refractivity contribution >= 4 is 17.8 Å². The molecule has 1 amide bonds. The maximum absolute atomic E-state index is 11.3. The predicted molar refractivity (Wildman–Crippen MR) is 90.8 cm³/mol. The van der Waals surface area contributed by atoms with Crippen molar-refractivity contribution in [3.05, 3.63) is 35.4 Å². The van der Waals surface area contributed by atoms with Gasteiger partial charge < -0.3 is 10.2 Å². The normalized spacial score (nSPS) is 16.0. The van der Waals surface area contributed by atoms with E-state index in [0.717, 1.165) is 26.1 Å². The molecular weight excluding hydrogens is 340 g/mol. The minimum Gasteiger partial charge on any atom is -0.473 e. The second kappa shape index (κ2) is 9.56. The fourth-order valence-corrected chi connectivity index (χ4v) is 2.56. The predicted octanol–water partition coefficient (Wildman–Crippen LogP) is 0.368. The molecule has 0 radical (unpaired) electrons. The number of carbonyl (C=O) groups excluding carboxylic acids is 1. The Kier molecular flexibility index (Phi) is 7.14. The Morgan fingerprint density at radius 2 is 1.69 bits per heavy atom. The molecule has 138 valence electrons. The molecule has 0 bridgehead atoms. The number of carboxylic acids is 2. The second-order valence-electron chi connectivity index (χ2n) is 5.71. The summed E-state index contributed by atoms with van der Waals surface area (Å²) >= 11 is 0. The van der Waals surface area contributed by atoms with E-state index in [1.54, 1.807) is 0 Å². The van der Waals surface area contributed by atoms with Gasteiger partial charge in [0.25, 0.3) is 0 Å². The zero-order chi connectivity index (χ0) is 18.9. The van der Waals surface area contributed by atoms with Gasteiger partial charge in [0.15, 0.2) is 0 Å². The highest BCUT2D eigenvalue weighted by atomic mass is 16.7. The molecule has 8 heteroatoms. The molecule has 0 spiro atoms. The highest BCUT2D eigenvalue weighted by molar-refractivity contribution is 6.27. The molecular formula is C18H20N2O6. The number of fused-ring (bicyclic) bond motifs is 1. The van der Waals surface area contributed by atoms with E-state index in [1.807, 2.05) is 0 Å². The summed E-state index contributed by atoms with van der Waals surface area (Å²) in [5.74, 6) is 2.54. The van der Waals surface area contributed by atoms with E-state index < -0.39 is 11.9 Å². The van der Waals surface area contributed by atoms with E-state index in [0.29, 0.717) is 19.6 Å². The number of nitrogens with zero attached hydrogens (tertiary/aromatic N) is 2. The summed E-state index contributed by atoms with van der Waals surface area (Å²) in [7, 11) is 0. The molecule has 3 rings (SSSR count). The average molecular weight is 360 g/mol. The van der Waals surface area contributed by atoms with Crippen LogP contribution in [-0.2, 0) is 32.2 Å². The van der Waals surface area contributed by atoms with Crippen LogP contribution in [0.25, 0.3) is 0 Å². The third-order valence-electron chi connectivity index (χ3n) is 3.88. The van der Waals surface area contributed by atoms with Crippen LogP contribution in [0, 0.1) is 11.8 Å². The summed E-state index contributed by atoms with van der Waals surface area (Å²) in [5, 5.41) is 16.1. The number of benzene rings is 1. The molecule has 1 saturated heterocycles. The van der Waals surface area contributed by atoms with Gasteiger partial charge in [-0.05, 0) is 17.5 Å². The van der Waals surface area contributed by atoms with Crippen molar-refractivity contribution < 1.29 is 29.4 Å². The van der Waals surface area contributed by atoms with E-state index in [9.17, 15) is 4.79 Å². The van der Waals surface area contributed by atoms with Crippen LogP contribution in [0.2, 0.25) is 0 Å². The van der Waals surface area contributed by atoms with Gasteiger partial charge in [0, 0.05) is 13.1 Å². The Morgan fingerprint density at radius 3 is 2.31 bits per heavy atom. The Hall–Kier alpha value is -2.89. The molecule has 1 aromatic rings. The van der Waals surface area contributed by atoms with Crippen molar-refractivity contribution in [2.75, 3.05) is 26.2 Å². The zero-order valence-electron chi connectivity index (χ0n) is 14.2. The summed E-state index contributed by atoms with van der Waals surface area (Å²) < 4.78 is 0. The molecule has 8 nitrogen and oxygen atoms in total. The van der Waals surface area contributed by atoms with Crippen molar-refractivity contribution in [3.63, 3.8) is 0 Å². The monoisotopic (exact) mass is 360 g/mol. The van der Waals surface area contributed by atoms with Crippen molar-refractivity contribution in [1.82, 2.24) is 9.96 Å². The lowest BCUT2D eigenvalue weighted by atomic mass is 10.0. The summed E-state index contributed by atoms with van der Waals surface area (Å²) in [6.07, 6.45) is 1.57. The van der Waals surface area contributed by atoms with Crippen LogP contribution in [0.1, 0.15) is 17.5 Å². The largest absolute Gasteiger partial charge is 0.473 e. The van der Waals surface area contributed by atoms with Crippen LogP contribution in [0.15, 0.2) is 24.3 Å². The molecule has 0 unspecified atom stereocenters. The molecule has 0 saturated carbocycles. The highest BCUT2D eigenvalue weighted by Gasteiger charge is 2.20. The standard InChI is InChI=1S/C16H18N2O2.C2H2O4/c19-16-8-12-20-18(16)10-4-3-9-17-11-7-14-5-1-2-6-15(14)13-17;3-1(4)2(5)6/h1-2,5-6H,7-13H2;(H,3,4)(H,5,6). The van der Waals surface area contributed by atoms with Gasteiger partial charge in [-0.15, -0.1) is 0 Å². The number of carboxylic acid groups (broad SMARTS) is 2. The SMILES string of the molecule is O=C(O)C(=O)O.O=C1CCON1CC#CCN1CCc2ccccc2C1. The molecule has 1 aromatic carbocycles. The van der Waals surface area contributed by atoms with Crippen molar-refractivity contribution in [3.8, 4) is 11.8 Å². The maximum Gasteiger partial charge on any atom is 0.414 e. The van der Waals surface area contributed by atoms with Gasteiger partial charge in [0.1, 0.15) is 6.54 Å². The number of aliphatic carboxylic acids is 2. The lowest BCUT2D eigenvalue weighted by molar-refractivity contribution is -0.159. The molecule has 0 aromatic heterocycles. The van der Waals surface area contributed by atoms with Crippen LogP contribution >= 0.6 is 0 Å². The molecule has 2 heterocycles. The number of rotatable bonds is 2. The Balaban J connectivity index is 0.000000352. The second-order valence-corrected chi connectivity index (χ2v) is 5.71. The highest BCUT2D eigenvalue weighted by Crippen LogP contribution is 2.17. The third-order valence-corrected chi connectivity index (χ3v) is 3.88. The Bertz CT molecular complexity index is 725. The van der Waals surface area contributed by atoms with Crippen LogP contribution in [0.4, 0.5) is 0 Å². The number of hydrogen-bond acceptors (Lipinski definition) is 5. The van der Waals surface area contributed by atoms with E-state index in [4.69, 9.17) is 24.6 Å². The number of hydroxylamine groups is 2. The maximum atomic E-state index is 11.3. The first-order chi connectivity index (χ1) is 12.5. The van der Waals surface area contributed by atoms with Gasteiger partial charge in [-0.2, -0.15) is 0 Å². The van der Waals surface area contributed by atoms with Crippen molar-refractivity contribution in [1.29, 1.82) is 0 Å². The quantitative estimate of drug-likeness (QED) is 0.579. The van der Waals surface area contributed by atoms with E-state index in [-0.39, 0.29) is 5.91 Å². The van der Waals surface area contributed by atoms with Crippen molar-refractivity contribution in [2.45, 2.75) is 19.4 Å². The van der Waals surface area contributed by atoms with Crippen LogP contribution in [0.3, 0.4) is 0 Å². The van der Waals surface area contributed by atoms with Gasteiger partial charge in [-0.1, -0.05) is 36.1 Å². The number of amides is 1. The van der Waals surface area contributed by atoms with E-state index in [1.165, 1.54) is 16.2 Å². The summed E-state index contributed by atoms with van der Waals surface area (Å²) in [6, 6.07) is 8.58. The summed E-state index contributed by atoms with van der Waals surface area (Å²) in [4.78, 5) is 37.0. The van der Waals surface area contributed by atoms with Gasteiger partial charge in [0.05, 0.1) is 19.6 Å². The lowest BCUT2D eigenvalue weighted by Gasteiger charge is -2.26. The first-order valence-corrected chi connectivity index (χ1v) is 8.11. The summed E-state index contributed by atoms with van der Waals surface area (Å²) in [6.45, 7) is 3.62. The zero-order valence-corrected chi connectivity index (χ0v) is 14.2. The first kappa shape index (κ1) is 19.4. The minimum atomic E-state index is -1.82. The topological polar surface area (TPSA) is 107 Å². The lowest BCUT2D eigenvalue weighted by Crippen LogP contribution is -2.31. The number of hydrogen-bond donors (Lipinski definition) is 2.